The van der Waals surface area contributed by atoms with Crippen LogP contribution in [0.1, 0.15) is 16.1 Å². The molecule has 0 N–H and O–H groups in total. The van der Waals surface area contributed by atoms with E-state index < -0.39 is 0 Å². The van der Waals surface area contributed by atoms with E-state index in [1.165, 1.54) is 11.3 Å². The molecule has 0 radical (unpaired) electrons. The summed E-state index contributed by atoms with van der Waals surface area (Å²) in [6, 6.07) is 13.0. The molecule has 0 atom stereocenters. The summed E-state index contributed by atoms with van der Waals surface area (Å²) in [4.78, 5) is 24.6. The molecule has 0 fully saturated rings. The smallest absolute Gasteiger partial charge is 0.261 e. The molecular weight excluding hydrogens is 416 g/mol. The van der Waals surface area contributed by atoms with Crippen LogP contribution < -0.4 is 4.90 Å². The fourth-order valence-electron chi connectivity index (χ4n) is 3.40. The van der Waals surface area contributed by atoms with Crippen LogP contribution in [0.25, 0.3) is 32.8 Å². The van der Waals surface area contributed by atoms with Gasteiger partial charge in [0.05, 0.1) is 46.3 Å². The van der Waals surface area contributed by atoms with Gasteiger partial charge in [-0.15, -0.1) is 0 Å². The first-order chi connectivity index (χ1) is 15.2. The van der Waals surface area contributed by atoms with Gasteiger partial charge in [-0.3, -0.25) is 9.69 Å². The van der Waals surface area contributed by atoms with Gasteiger partial charge in [0.1, 0.15) is 5.69 Å². The van der Waals surface area contributed by atoms with E-state index in [-0.39, 0.29) is 11.6 Å². The Labute approximate surface area is 181 Å². The van der Waals surface area contributed by atoms with Gasteiger partial charge in [0.15, 0.2) is 10.9 Å². The zero-order chi connectivity index (χ0) is 21.4. The van der Waals surface area contributed by atoms with Gasteiger partial charge in [-0.25, -0.2) is 9.97 Å². The molecule has 1 aromatic carbocycles. The molecule has 0 bridgehead atoms. The van der Waals surface area contributed by atoms with E-state index in [4.69, 9.17) is 13.7 Å². The van der Waals surface area contributed by atoms with Crippen LogP contribution in [0.4, 0.5) is 5.13 Å². The second-order valence-electron chi connectivity index (χ2n) is 6.89. The molecule has 4 aromatic heterocycles. The molecule has 5 aromatic rings. The molecule has 0 saturated carbocycles. The molecule has 0 aliphatic carbocycles. The highest BCUT2D eigenvalue weighted by Gasteiger charge is 2.26. The molecule has 0 saturated heterocycles. The second kappa shape index (κ2) is 7.93. The lowest BCUT2D eigenvalue weighted by molar-refractivity contribution is 0.0977. The third-order valence-electron chi connectivity index (χ3n) is 4.90. The molecule has 9 heteroatoms. The number of anilines is 1. The van der Waals surface area contributed by atoms with Crippen molar-refractivity contribution in [2.45, 2.75) is 6.92 Å². The third-order valence-corrected chi connectivity index (χ3v) is 5.96. The van der Waals surface area contributed by atoms with E-state index in [1.54, 1.807) is 43.4 Å². The number of methoxy groups -OCH3 is 1. The molecule has 156 valence electrons. The number of aryl methyl sites for hydroxylation is 1. The van der Waals surface area contributed by atoms with Crippen molar-refractivity contribution >= 4 is 43.7 Å². The third kappa shape index (κ3) is 3.47. The number of amides is 1. The Bertz CT molecular complexity index is 1340. The summed E-state index contributed by atoms with van der Waals surface area (Å²) in [5.41, 5.74) is 2.63. The number of furan rings is 1. The van der Waals surface area contributed by atoms with Crippen molar-refractivity contribution in [1.82, 2.24) is 15.1 Å². The number of nitrogens with zero attached hydrogens (tertiary/aromatic N) is 4. The minimum atomic E-state index is -0.234. The Kier molecular flexibility index (Phi) is 4.97. The molecule has 1 amide bonds. The maximum atomic E-state index is 13.8. The van der Waals surface area contributed by atoms with E-state index in [2.05, 4.69) is 15.1 Å². The normalized spacial score (nSPS) is 11.4. The summed E-state index contributed by atoms with van der Waals surface area (Å²) in [7, 11) is 1.60. The molecule has 4 heterocycles. The van der Waals surface area contributed by atoms with E-state index in [9.17, 15) is 4.79 Å². The average Bonchev–Trinajstić information content (AvgIpc) is 3.53. The predicted octanol–water partition coefficient (Wildman–Crippen LogP) is 4.69. The quantitative estimate of drug-likeness (QED) is 0.382. The van der Waals surface area contributed by atoms with Crippen LogP contribution in [0, 0.1) is 6.92 Å². The predicted molar refractivity (Wildman–Crippen MR) is 117 cm³/mol. The Morgan fingerprint density at radius 1 is 1.19 bits per heavy atom. The van der Waals surface area contributed by atoms with Crippen LogP contribution in [0.3, 0.4) is 0 Å². The van der Waals surface area contributed by atoms with Gasteiger partial charge in [0.2, 0.25) is 0 Å². The van der Waals surface area contributed by atoms with Crippen LogP contribution in [0.2, 0.25) is 0 Å². The summed E-state index contributed by atoms with van der Waals surface area (Å²) >= 11 is 1.46. The van der Waals surface area contributed by atoms with Crippen LogP contribution in [-0.4, -0.2) is 41.3 Å². The van der Waals surface area contributed by atoms with Gasteiger partial charge in [0, 0.05) is 7.11 Å². The molecule has 0 aliphatic heterocycles. The number of rotatable bonds is 6. The van der Waals surface area contributed by atoms with Crippen LogP contribution in [0.5, 0.6) is 0 Å². The Morgan fingerprint density at radius 2 is 2.06 bits per heavy atom. The monoisotopic (exact) mass is 434 g/mol. The largest absolute Gasteiger partial charge is 0.463 e. The van der Waals surface area contributed by atoms with E-state index in [0.29, 0.717) is 46.4 Å². The van der Waals surface area contributed by atoms with E-state index in [0.717, 1.165) is 10.2 Å². The summed E-state index contributed by atoms with van der Waals surface area (Å²) in [6.07, 6.45) is 1.56. The number of hydrogen-bond donors (Lipinski definition) is 0. The molecule has 8 nitrogen and oxygen atoms in total. The molecule has 0 unspecified atom stereocenters. The van der Waals surface area contributed by atoms with Crippen molar-refractivity contribution in [3.63, 3.8) is 0 Å². The summed E-state index contributed by atoms with van der Waals surface area (Å²) in [5, 5.41) is 5.19. The number of pyridine rings is 1. The number of benzene rings is 1. The summed E-state index contributed by atoms with van der Waals surface area (Å²) in [5.74, 6) is 0.302. The van der Waals surface area contributed by atoms with Crippen LogP contribution >= 0.6 is 11.3 Å². The van der Waals surface area contributed by atoms with Gasteiger partial charge in [0.25, 0.3) is 11.6 Å². The highest BCUT2D eigenvalue weighted by atomic mass is 32.1. The molecular formula is C22H18N4O4S. The highest BCUT2D eigenvalue weighted by Crippen LogP contribution is 2.32. The number of para-hydroxylation sites is 1. The fourth-order valence-corrected chi connectivity index (χ4v) is 4.39. The molecule has 5 rings (SSSR count). The second-order valence-corrected chi connectivity index (χ2v) is 7.90. The minimum absolute atomic E-state index is 0.234. The Morgan fingerprint density at radius 3 is 2.84 bits per heavy atom. The summed E-state index contributed by atoms with van der Waals surface area (Å²) < 4.78 is 17.1. The minimum Gasteiger partial charge on any atom is -0.463 e. The Hall–Kier alpha value is -3.56. The zero-order valence-corrected chi connectivity index (χ0v) is 17.7. The number of aromatic nitrogens is 3. The number of hydrogen-bond acceptors (Lipinski definition) is 8. The van der Waals surface area contributed by atoms with Crippen molar-refractivity contribution in [2.75, 3.05) is 25.2 Å². The Balaban J connectivity index is 1.65. The van der Waals surface area contributed by atoms with Gasteiger partial charge in [-0.2, -0.15) is 0 Å². The standard InChI is InChI=1S/C22H18N4O4S/c1-13-19-14(12-16(17-7-5-10-29-17)23-20(19)30-25-13)21(27)26(9-11-28-2)22-24-15-6-3-4-8-18(15)31-22/h3-8,10,12H,9,11H2,1-2H3. The first-order valence-electron chi connectivity index (χ1n) is 9.63. The van der Waals surface area contributed by atoms with Crippen molar-refractivity contribution in [3.05, 3.63) is 60.0 Å². The lowest BCUT2D eigenvalue weighted by atomic mass is 10.1. The van der Waals surface area contributed by atoms with Gasteiger partial charge in [-0.05, 0) is 37.3 Å². The lowest BCUT2D eigenvalue weighted by Crippen LogP contribution is -2.34. The summed E-state index contributed by atoms with van der Waals surface area (Å²) in [6.45, 7) is 2.50. The first kappa shape index (κ1) is 19.4. The molecule has 31 heavy (non-hydrogen) atoms. The molecule has 0 spiro atoms. The SMILES string of the molecule is COCCN(C(=O)c1cc(-c2ccco2)nc2onc(C)c12)c1nc2ccccc2s1. The first-order valence-corrected chi connectivity index (χ1v) is 10.4. The number of fused-ring (bicyclic) bond motifs is 2. The molecule has 0 aliphatic rings. The maximum absolute atomic E-state index is 13.8. The van der Waals surface area contributed by atoms with Gasteiger partial charge < -0.3 is 13.7 Å². The highest BCUT2D eigenvalue weighted by molar-refractivity contribution is 7.22. The van der Waals surface area contributed by atoms with Crippen molar-refractivity contribution in [2.24, 2.45) is 0 Å². The topological polar surface area (TPSA) is 94.5 Å². The van der Waals surface area contributed by atoms with Crippen molar-refractivity contribution < 1.29 is 18.5 Å². The van der Waals surface area contributed by atoms with Crippen LogP contribution in [0.15, 0.2) is 57.7 Å². The number of carbonyl (C=O) groups is 1. The van der Waals surface area contributed by atoms with Gasteiger partial charge >= 0.3 is 0 Å². The number of thiazole rings is 1. The van der Waals surface area contributed by atoms with E-state index in [1.807, 2.05) is 24.3 Å². The van der Waals surface area contributed by atoms with Crippen molar-refractivity contribution in [3.8, 4) is 11.5 Å². The number of ether oxygens (including phenoxy) is 1. The zero-order valence-electron chi connectivity index (χ0n) is 16.9. The fraction of sp³-hybridized carbons (Fsp3) is 0.182. The maximum Gasteiger partial charge on any atom is 0.261 e. The number of carbonyl (C=O) groups excluding carboxylic acids is 1. The van der Waals surface area contributed by atoms with Gasteiger partial charge in [-0.1, -0.05) is 28.6 Å². The average molecular weight is 434 g/mol. The lowest BCUT2D eigenvalue weighted by Gasteiger charge is -2.20. The van der Waals surface area contributed by atoms with Crippen LogP contribution in [-0.2, 0) is 4.74 Å². The van der Waals surface area contributed by atoms with Crippen molar-refractivity contribution in [1.29, 1.82) is 0 Å². The van der Waals surface area contributed by atoms with E-state index >= 15 is 0 Å².